The van der Waals surface area contributed by atoms with E-state index in [0.29, 0.717) is 11.7 Å². The van der Waals surface area contributed by atoms with Crippen LogP contribution in [0.4, 0.5) is 0 Å². The van der Waals surface area contributed by atoms with Crippen LogP contribution < -0.4 is 0 Å². The Balaban J connectivity index is 2.89. The molecule has 0 amide bonds. The Morgan fingerprint density at radius 2 is 2.18 bits per heavy atom. The largest absolute Gasteiger partial charge is 0.480 e. The molecule has 0 atom stereocenters. The average Bonchev–Trinajstić information content (AvgIpc) is 2.43. The smallest absolute Gasteiger partial charge is 0.317 e. The van der Waals surface area contributed by atoms with Crippen molar-refractivity contribution in [1.82, 2.24) is 14.7 Å². The van der Waals surface area contributed by atoms with Gasteiger partial charge in [-0.2, -0.15) is 5.10 Å². The van der Waals surface area contributed by atoms with E-state index in [2.05, 4.69) is 5.10 Å². The molecule has 5 nitrogen and oxygen atoms in total. The second kappa shape index (κ2) is 5.51. The predicted molar refractivity (Wildman–Crippen MR) is 66.1 cm³/mol. The fourth-order valence-corrected chi connectivity index (χ4v) is 1.89. The van der Waals surface area contributed by atoms with E-state index in [9.17, 15) is 4.79 Å². The molecule has 0 bridgehead atoms. The number of hydrogen-bond acceptors (Lipinski definition) is 3. The second-order valence-electron chi connectivity index (χ2n) is 4.37. The Morgan fingerprint density at radius 1 is 1.59 bits per heavy atom. The molecule has 1 heterocycles. The van der Waals surface area contributed by atoms with Crippen LogP contribution in [0.5, 0.6) is 0 Å². The van der Waals surface area contributed by atoms with Crippen LogP contribution in [0, 0.1) is 6.92 Å². The molecule has 96 valence electrons. The Labute approximate surface area is 106 Å². The summed E-state index contributed by atoms with van der Waals surface area (Å²) < 4.78 is 1.60. The summed E-state index contributed by atoms with van der Waals surface area (Å²) in [6.45, 7) is 6.30. The zero-order valence-corrected chi connectivity index (χ0v) is 11.3. The standard InChI is InChI=1S/C11H18ClN3O2/c1-7(2)15(6-10(16)17)5-9-8(3)13-14(4)11(9)12/h7H,5-6H2,1-4H3,(H,16,17). The summed E-state index contributed by atoms with van der Waals surface area (Å²) in [5.74, 6) is -0.837. The van der Waals surface area contributed by atoms with Gasteiger partial charge in [0.1, 0.15) is 5.15 Å². The Morgan fingerprint density at radius 3 is 2.53 bits per heavy atom. The molecule has 0 aliphatic carbocycles. The van der Waals surface area contributed by atoms with Gasteiger partial charge in [0.25, 0.3) is 0 Å². The van der Waals surface area contributed by atoms with Gasteiger partial charge in [0, 0.05) is 25.2 Å². The summed E-state index contributed by atoms with van der Waals surface area (Å²) in [6.07, 6.45) is 0. The highest BCUT2D eigenvalue weighted by Gasteiger charge is 2.19. The van der Waals surface area contributed by atoms with Crippen LogP contribution >= 0.6 is 11.6 Å². The zero-order chi connectivity index (χ0) is 13.2. The number of nitrogens with zero attached hydrogens (tertiary/aromatic N) is 3. The van der Waals surface area contributed by atoms with Gasteiger partial charge in [0.2, 0.25) is 0 Å². The van der Waals surface area contributed by atoms with Gasteiger partial charge >= 0.3 is 5.97 Å². The maximum absolute atomic E-state index is 10.8. The van der Waals surface area contributed by atoms with Crippen molar-refractivity contribution in [3.63, 3.8) is 0 Å². The van der Waals surface area contributed by atoms with Crippen LogP contribution in [0.1, 0.15) is 25.1 Å². The molecule has 1 rings (SSSR count). The molecule has 0 saturated heterocycles. The molecule has 0 aromatic carbocycles. The molecule has 0 unspecified atom stereocenters. The minimum atomic E-state index is -0.837. The zero-order valence-electron chi connectivity index (χ0n) is 10.6. The van der Waals surface area contributed by atoms with Crippen molar-refractivity contribution in [3.05, 3.63) is 16.4 Å². The molecule has 1 aromatic rings. The molecule has 17 heavy (non-hydrogen) atoms. The molecule has 1 N–H and O–H groups in total. The molecule has 0 saturated carbocycles. The van der Waals surface area contributed by atoms with Crippen molar-refractivity contribution in [2.45, 2.75) is 33.4 Å². The van der Waals surface area contributed by atoms with E-state index in [1.54, 1.807) is 11.7 Å². The van der Waals surface area contributed by atoms with Crippen molar-refractivity contribution < 1.29 is 9.90 Å². The number of aliphatic carboxylic acids is 1. The van der Waals surface area contributed by atoms with Crippen LogP contribution in [-0.2, 0) is 18.4 Å². The maximum Gasteiger partial charge on any atom is 0.317 e. The third-order valence-corrected chi connectivity index (χ3v) is 3.17. The van der Waals surface area contributed by atoms with E-state index in [1.807, 2.05) is 25.7 Å². The van der Waals surface area contributed by atoms with Crippen LogP contribution in [0.3, 0.4) is 0 Å². The lowest BCUT2D eigenvalue weighted by Gasteiger charge is -2.24. The predicted octanol–water partition coefficient (Wildman–Crippen LogP) is 1.68. The van der Waals surface area contributed by atoms with Crippen LogP contribution in [0.15, 0.2) is 0 Å². The van der Waals surface area contributed by atoms with Crippen molar-refractivity contribution in [2.75, 3.05) is 6.54 Å². The molecule has 0 aliphatic heterocycles. The quantitative estimate of drug-likeness (QED) is 0.874. The van der Waals surface area contributed by atoms with Crippen molar-refractivity contribution in [1.29, 1.82) is 0 Å². The Bertz CT molecular complexity index is 415. The van der Waals surface area contributed by atoms with Crippen LogP contribution in [0.25, 0.3) is 0 Å². The number of carboxylic acids is 1. The summed E-state index contributed by atoms with van der Waals surface area (Å²) in [4.78, 5) is 12.6. The van der Waals surface area contributed by atoms with Gasteiger partial charge in [-0.15, -0.1) is 0 Å². The normalized spacial score (nSPS) is 11.5. The number of carbonyl (C=O) groups is 1. The van der Waals surface area contributed by atoms with Crippen molar-refractivity contribution >= 4 is 17.6 Å². The highest BCUT2D eigenvalue weighted by atomic mass is 35.5. The molecule has 0 fully saturated rings. The highest BCUT2D eigenvalue weighted by molar-refractivity contribution is 6.30. The fourth-order valence-electron chi connectivity index (χ4n) is 1.65. The highest BCUT2D eigenvalue weighted by Crippen LogP contribution is 2.21. The van der Waals surface area contributed by atoms with Crippen molar-refractivity contribution in [2.24, 2.45) is 7.05 Å². The number of aromatic nitrogens is 2. The minimum absolute atomic E-state index is 0.00231. The molecule has 1 aromatic heterocycles. The lowest BCUT2D eigenvalue weighted by molar-refractivity contribution is -0.138. The number of hydrogen-bond donors (Lipinski definition) is 1. The van der Waals surface area contributed by atoms with Gasteiger partial charge in [0.15, 0.2) is 0 Å². The second-order valence-corrected chi connectivity index (χ2v) is 4.73. The van der Waals surface area contributed by atoms with Gasteiger partial charge in [-0.25, -0.2) is 0 Å². The SMILES string of the molecule is Cc1nn(C)c(Cl)c1CN(CC(=O)O)C(C)C. The molecule has 0 aliphatic rings. The number of rotatable bonds is 5. The number of carboxylic acid groups (broad SMARTS) is 1. The van der Waals surface area contributed by atoms with Gasteiger partial charge in [0.05, 0.1) is 12.2 Å². The summed E-state index contributed by atoms with van der Waals surface area (Å²) in [6, 6.07) is 0.141. The summed E-state index contributed by atoms with van der Waals surface area (Å²) >= 11 is 6.13. The van der Waals surface area contributed by atoms with E-state index in [0.717, 1.165) is 11.3 Å². The number of halogens is 1. The first-order valence-corrected chi connectivity index (χ1v) is 5.84. The topological polar surface area (TPSA) is 58.4 Å². The monoisotopic (exact) mass is 259 g/mol. The van der Waals surface area contributed by atoms with E-state index in [1.165, 1.54) is 0 Å². The van der Waals surface area contributed by atoms with Crippen LogP contribution in [-0.4, -0.2) is 38.3 Å². The summed E-state index contributed by atoms with van der Waals surface area (Å²) in [7, 11) is 1.77. The van der Waals surface area contributed by atoms with E-state index >= 15 is 0 Å². The first-order valence-electron chi connectivity index (χ1n) is 5.46. The molecular formula is C11H18ClN3O2. The first-order chi connectivity index (χ1) is 7.82. The van der Waals surface area contributed by atoms with E-state index < -0.39 is 5.97 Å². The fraction of sp³-hybridized carbons (Fsp3) is 0.636. The molecular weight excluding hydrogens is 242 g/mol. The van der Waals surface area contributed by atoms with Gasteiger partial charge in [-0.3, -0.25) is 14.4 Å². The molecule has 0 spiro atoms. The van der Waals surface area contributed by atoms with E-state index in [4.69, 9.17) is 16.7 Å². The maximum atomic E-state index is 10.8. The average molecular weight is 260 g/mol. The van der Waals surface area contributed by atoms with Crippen molar-refractivity contribution in [3.8, 4) is 0 Å². The first kappa shape index (κ1) is 14.0. The number of aryl methyl sites for hydroxylation is 2. The third-order valence-electron chi connectivity index (χ3n) is 2.70. The van der Waals surface area contributed by atoms with Crippen LogP contribution in [0.2, 0.25) is 5.15 Å². The van der Waals surface area contributed by atoms with E-state index in [-0.39, 0.29) is 12.6 Å². The minimum Gasteiger partial charge on any atom is -0.480 e. The van der Waals surface area contributed by atoms with Gasteiger partial charge < -0.3 is 5.11 Å². The lowest BCUT2D eigenvalue weighted by atomic mass is 10.2. The van der Waals surface area contributed by atoms with Gasteiger partial charge in [-0.05, 0) is 20.8 Å². The summed E-state index contributed by atoms with van der Waals surface area (Å²) in [5, 5.41) is 13.6. The van der Waals surface area contributed by atoms with Gasteiger partial charge in [-0.1, -0.05) is 11.6 Å². The Hall–Kier alpha value is -1.07. The summed E-state index contributed by atoms with van der Waals surface area (Å²) in [5.41, 5.74) is 1.73. The lowest BCUT2D eigenvalue weighted by Crippen LogP contribution is -2.35. The Kier molecular flexibility index (Phi) is 4.54. The molecule has 6 heteroatoms. The third kappa shape index (κ3) is 3.44. The molecule has 0 radical (unpaired) electrons.